The predicted octanol–water partition coefficient (Wildman–Crippen LogP) is 8.17. The lowest BCUT2D eigenvalue weighted by atomic mass is 9.44. The summed E-state index contributed by atoms with van der Waals surface area (Å²) in [5, 5.41) is 0. The van der Waals surface area contributed by atoms with Crippen molar-refractivity contribution in [2.45, 2.75) is 130 Å². The Hall–Kier alpha value is -0.120. The lowest BCUT2D eigenvalue weighted by Gasteiger charge is -2.62. The van der Waals surface area contributed by atoms with Crippen LogP contribution < -0.4 is 0 Å². The molecule has 0 radical (unpaired) electrons. The van der Waals surface area contributed by atoms with Crippen LogP contribution in [0.5, 0.6) is 0 Å². The Morgan fingerprint density at radius 3 is 2.39 bits per heavy atom. The zero-order valence-corrected chi connectivity index (χ0v) is 25.0. The van der Waals surface area contributed by atoms with Crippen molar-refractivity contribution in [3.05, 3.63) is 0 Å². The van der Waals surface area contributed by atoms with Crippen LogP contribution in [0, 0.1) is 52.3 Å². The molecule has 36 heavy (non-hydrogen) atoms. The summed E-state index contributed by atoms with van der Waals surface area (Å²) in [5.74, 6) is 6.16. The van der Waals surface area contributed by atoms with Crippen molar-refractivity contribution in [3.63, 3.8) is 0 Å². The number of ether oxygens (including phenoxy) is 2. The summed E-state index contributed by atoms with van der Waals surface area (Å²) in [5.41, 5.74) is 1.11. The molecule has 1 spiro atoms. The first-order valence-corrected chi connectivity index (χ1v) is 16.0. The molecule has 10 atom stereocenters. The summed E-state index contributed by atoms with van der Waals surface area (Å²) in [6.07, 6.45) is 18.2. The highest BCUT2D eigenvalue weighted by Gasteiger charge is 2.62. The number of nitrogens with zero attached hydrogens (tertiary/aromatic N) is 1. The summed E-state index contributed by atoms with van der Waals surface area (Å²) < 4.78 is 13.2. The highest BCUT2D eigenvalue weighted by molar-refractivity contribution is 5.10. The number of hydrogen-bond acceptors (Lipinski definition) is 3. The molecule has 5 aliphatic rings. The Balaban J connectivity index is 1.22. The van der Waals surface area contributed by atoms with Crippen LogP contribution in [0.2, 0.25) is 0 Å². The van der Waals surface area contributed by atoms with Gasteiger partial charge in [-0.25, -0.2) is 0 Å². The fourth-order valence-electron chi connectivity index (χ4n) is 10.6. The summed E-state index contributed by atoms with van der Waals surface area (Å²) in [6.45, 7) is 14.7. The highest BCUT2D eigenvalue weighted by Crippen LogP contribution is 2.69. The second-order valence-corrected chi connectivity index (χ2v) is 15.4. The van der Waals surface area contributed by atoms with Gasteiger partial charge in [0.2, 0.25) is 0 Å². The third-order valence-electron chi connectivity index (χ3n) is 12.7. The summed E-state index contributed by atoms with van der Waals surface area (Å²) >= 11 is 0. The molecule has 10 unspecified atom stereocenters. The van der Waals surface area contributed by atoms with E-state index in [0.29, 0.717) is 16.9 Å². The molecule has 5 fully saturated rings. The van der Waals surface area contributed by atoms with Gasteiger partial charge in [-0.2, -0.15) is 0 Å². The number of hydrogen-bond donors (Lipinski definition) is 0. The van der Waals surface area contributed by atoms with Crippen LogP contribution in [-0.4, -0.2) is 44.0 Å². The summed E-state index contributed by atoms with van der Waals surface area (Å²) in [6, 6.07) is 0. The molecule has 3 heteroatoms. The second kappa shape index (κ2) is 10.5. The molecule has 5 rings (SSSR count). The van der Waals surface area contributed by atoms with Crippen LogP contribution in [0.3, 0.4) is 0 Å². The maximum absolute atomic E-state index is 6.69. The van der Waals surface area contributed by atoms with Crippen molar-refractivity contribution in [1.82, 2.24) is 4.90 Å². The van der Waals surface area contributed by atoms with Crippen molar-refractivity contribution < 1.29 is 9.47 Å². The molecule has 0 aromatic carbocycles. The molecule has 4 saturated carbocycles. The van der Waals surface area contributed by atoms with Crippen molar-refractivity contribution in [2.24, 2.45) is 52.3 Å². The van der Waals surface area contributed by atoms with E-state index in [0.717, 1.165) is 73.8 Å². The first kappa shape index (κ1) is 27.4. The minimum absolute atomic E-state index is 0.263. The van der Waals surface area contributed by atoms with Gasteiger partial charge in [-0.15, -0.1) is 0 Å². The van der Waals surface area contributed by atoms with E-state index in [-0.39, 0.29) is 5.79 Å². The van der Waals surface area contributed by atoms with Crippen molar-refractivity contribution >= 4 is 0 Å². The normalized spacial score (nSPS) is 47.2. The van der Waals surface area contributed by atoms with Gasteiger partial charge in [0.25, 0.3) is 0 Å². The third-order valence-corrected chi connectivity index (χ3v) is 12.7. The van der Waals surface area contributed by atoms with Crippen molar-refractivity contribution in [3.8, 4) is 0 Å². The van der Waals surface area contributed by atoms with E-state index in [9.17, 15) is 0 Å². The van der Waals surface area contributed by atoms with Gasteiger partial charge in [-0.1, -0.05) is 53.9 Å². The lowest BCUT2D eigenvalue weighted by molar-refractivity contribution is -0.236. The molecular formula is C33H59NO2. The molecule has 208 valence electrons. The molecule has 3 nitrogen and oxygen atoms in total. The predicted molar refractivity (Wildman–Crippen MR) is 150 cm³/mol. The molecule has 0 N–H and O–H groups in total. The van der Waals surface area contributed by atoms with Crippen molar-refractivity contribution in [2.75, 3.05) is 27.2 Å². The van der Waals surface area contributed by atoms with E-state index in [1.807, 2.05) is 0 Å². The average molecular weight is 502 g/mol. The molecule has 1 aliphatic heterocycles. The maximum atomic E-state index is 6.69. The zero-order chi connectivity index (χ0) is 25.7. The molecule has 1 heterocycles. The summed E-state index contributed by atoms with van der Waals surface area (Å²) in [4.78, 5) is 2.27. The molecule has 0 bridgehead atoms. The van der Waals surface area contributed by atoms with E-state index in [1.54, 1.807) is 0 Å². The first-order valence-electron chi connectivity index (χ1n) is 16.0. The van der Waals surface area contributed by atoms with Crippen molar-refractivity contribution in [1.29, 1.82) is 0 Å². The van der Waals surface area contributed by atoms with E-state index >= 15 is 0 Å². The van der Waals surface area contributed by atoms with Gasteiger partial charge in [0, 0.05) is 19.4 Å². The number of rotatable bonds is 8. The molecular weight excluding hydrogens is 442 g/mol. The molecule has 0 amide bonds. The standard InChI is InChI=1S/C33H59NO2/c1-23(2)9-8-10-24(3)28-13-14-29-27-12-11-25-21-33(35-22-26(36-33)16-20-34(6)7)19-18-31(25,4)30(27)15-17-32(28,29)5/h23-30H,8-22H2,1-7H3. The number of fused-ring (bicyclic) bond motifs is 5. The monoisotopic (exact) mass is 501 g/mol. The van der Waals surface area contributed by atoms with Gasteiger partial charge in [0.05, 0.1) is 12.7 Å². The minimum Gasteiger partial charge on any atom is -0.347 e. The highest BCUT2D eigenvalue weighted by atomic mass is 16.7. The maximum Gasteiger partial charge on any atom is 0.169 e. The van der Waals surface area contributed by atoms with E-state index < -0.39 is 0 Å². The van der Waals surface area contributed by atoms with Crippen LogP contribution in [0.25, 0.3) is 0 Å². The Bertz CT molecular complexity index is 752. The Morgan fingerprint density at radius 2 is 1.64 bits per heavy atom. The van der Waals surface area contributed by atoms with Gasteiger partial charge in [-0.05, 0) is 118 Å². The largest absolute Gasteiger partial charge is 0.347 e. The fraction of sp³-hybridized carbons (Fsp3) is 1.00. The van der Waals surface area contributed by atoms with Crippen LogP contribution in [0.4, 0.5) is 0 Å². The third kappa shape index (κ3) is 4.97. The molecule has 0 aromatic rings. The second-order valence-electron chi connectivity index (χ2n) is 15.4. The van der Waals surface area contributed by atoms with Gasteiger partial charge in [0.1, 0.15) is 0 Å². The van der Waals surface area contributed by atoms with Gasteiger partial charge in [-0.3, -0.25) is 0 Å². The lowest BCUT2D eigenvalue weighted by Crippen LogP contribution is -2.56. The Labute approximate surface area is 223 Å². The van der Waals surface area contributed by atoms with Gasteiger partial charge < -0.3 is 14.4 Å². The average Bonchev–Trinajstić information content (AvgIpc) is 3.38. The van der Waals surface area contributed by atoms with Crippen LogP contribution >= 0.6 is 0 Å². The molecule has 1 saturated heterocycles. The topological polar surface area (TPSA) is 21.7 Å². The van der Waals surface area contributed by atoms with Crippen LogP contribution in [0.1, 0.15) is 118 Å². The minimum atomic E-state index is -0.263. The fourth-order valence-corrected chi connectivity index (χ4v) is 10.6. The van der Waals surface area contributed by atoms with Crippen LogP contribution in [-0.2, 0) is 9.47 Å². The summed E-state index contributed by atoms with van der Waals surface area (Å²) in [7, 11) is 4.32. The molecule has 0 aromatic heterocycles. The van der Waals surface area contributed by atoms with E-state index in [2.05, 4.69) is 53.6 Å². The first-order chi connectivity index (χ1) is 17.1. The smallest absolute Gasteiger partial charge is 0.169 e. The SMILES string of the molecule is CC(C)CCCC(C)C1CCC2C3CCC4CC5(CCC4(C)C3CCC12C)OCC(CCN(C)C)O5. The van der Waals surface area contributed by atoms with E-state index in [1.165, 1.54) is 64.2 Å². The Kier molecular flexibility index (Phi) is 7.97. The quantitative estimate of drug-likeness (QED) is 0.335. The zero-order valence-electron chi connectivity index (χ0n) is 25.0. The Morgan fingerprint density at radius 1 is 0.861 bits per heavy atom. The van der Waals surface area contributed by atoms with Gasteiger partial charge >= 0.3 is 0 Å². The van der Waals surface area contributed by atoms with Gasteiger partial charge in [0.15, 0.2) is 5.79 Å². The molecule has 4 aliphatic carbocycles. The van der Waals surface area contributed by atoms with E-state index in [4.69, 9.17) is 9.47 Å². The van der Waals surface area contributed by atoms with Crippen LogP contribution in [0.15, 0.2) is 0 Å².